The molecule has 0 radical (unpaired) electrons. The molecule has 0 saturated heterocycles. The van der Waals surface area contributed by atoms with Gasteiger partial charge in [-0.3, -0.25) is 4.98 Å². The number of aromatic hydroxyl groups is 1. The van der Waals surface area contributed by atoms with Gasteiger partial charge in [0.2, 0.25) is 0 Å². The van der Waals surface area contributed by atoms with Crippen LogP contribution in [0.1, 0.15) is 30.9 Å². The van der Waals surface area contributed by atoms with Crippen LogP contribution in [0.4, 0.5) is 0 Å². The summed E-state index contributed by atoms with van der Waals surface area (Å²) in [6.45, 7) is 6.54. The van der Waals surface area contributed by atoms with E-state index in [0.29, 0.717) is 11.4 Å². The number of aryl methyl sites for hydroxylation is 1. The fraction of sp³-hybridized carbons (Fsp3) is 0.200. The van der Waals surface area contributed by atoms with Crippen molar-refractivity contribution in [3.63, 3.8) is 0 Å². The second-order valence-corrected chi connectivity index (χ2v) is 5.42. The Bertz CT molecular complexity index is 709. The van der Waals surface area contributed by atoms with E-state index in [4.69, 9.17) is 0 Å². The molecule has 131 valence electrons. The fourth-order valence-electron chi connectivity index (χ4n) is 2.04. The van der Waals surface area contributed by atoms with E-state index in [1.807, 2.05) is 18.2 Å². The van der Waals surface area contributed by atoms with Crippen LogP contribution in [-0.2, 0) is 17.6 Å². The van der Waals surface area contributed by atoms with Crippen molar-refractivity contribution in [1.82, 2.24) is 4.98 Å². The molecular formula is C20H24ClNOOs-. The quantitative estimate of drug-likeness (QED) is 0.388. The molecule has 4 heteroatoms. The van der Waals surface area contributed by atoms with E-state index < -0.39 is 0 Å². The number of benzene rings is 2. The minimum atomic E-state index is 0. The average Bonchev–Trinajstić information content (AvgIpc) is 2.58. The minimum absolute atomic E-state index is 0. The first-order valence-corrected chi connectivity index (χ1v) is 10.5. The van der Waals surface area contributed by atoms with Gasteiger partial charge < -0.3 is 12.5 Å². The molecule has 3 rings (SSSR count). The normalized spacial score (nSPS) is 9.25. The van der Waals surface area contributed by atoms with Crippen LogP contribution in [0, 0.1) is 14.4 Å². The molecule has 0 spiro atoms. The zero-order chi connectivity index (χ0) is 17.2. The average molecular weight is 520 g/mol. The van der Waals surface area contributed by atoms with Gasteiger partial charge in [0, 0.05) is 11.6 Å². The number of phenols is 1. The standard InChI is InChI=1S/C10H14.C9H7NO.CH3.ClH.Os/c1-8(2)10-6-4-9(3)5-7-10;11-8-5-1-3-7-4-2-6-10-9(7)8;;;/h4-8H,1-3H3;1-6,11H;1H3;1H;/q;;-1;;+1/p-1. The molecule has 0 aliphatic carbocycles. The van der Waals surface area contributed by atoms with E-state index in [9.17, 15) is 5.11 Å². The van der Waals surface area contributed by atoms with Crippen LogP contribution >= 0.6 is 9.64 Å². The van der Waals surface area contributed by atoms with Gasteiger partial charge in [-0.15, -0.1) is 0 Å². The first kappa shape index (κ1) is 22.6. The Balaban J connectivity index is 0.000000387. The fourth-order valence-corrected chi connectivity index (χ4v) is 2.04. The molecule has 0 amide bonds. The molecule has 0 fully saturated rings. The van der Waals surface area contributed by atoms with Crippen LogP contribution in [0.25, 0.3) is 10.9 Å². The number of aromatic nitrogens is 1. The molecule has 1 aromatic heterocycles. The molecule has 1 heterocycles. The first-order chi connectivity index (χ1) is 11.1. The summed E-state index contributed by atoms with van der Waals surface area (Å²) in [6, 6.07) is 17.8. The third kappa shape index (κ3) is 6.99. The maximum atomic E-state index is 9.31. The van der Waals surface area contributed by atoms with Gasteiger partial charge in [0.25, 0.3) is 0 Å². The summed E-state index contributed by atoms with van der Waals surface area (Å²) in [5, 5.41) is 10.3. The number of fused-ring (bicyclic) bond motifs is 1. The molecule has 2 nitrogen and oxygen atoms in total. The molecule has 3 aromatic rings. The van der Waals surface area contributed by atoms with Gasteiger partial charge in [0.05, 0.1) is 0 Å². The van der Waals surface area contributed by atoms with Gasteiger partial charge in [0.1, 0.15) is 11.3 Å². The number of pyridine rings is 1. The topological polar surface area (TPSA) is 33.1 Å². The molecule has 0 atom stereocenters. The molecule has 0 unspecified atom stereocenters. The molecule has 2 aromatic carbocycles. The molecular weight excluding hydrogens is 496 g/mol. The van der Waals surface area contributed by atoms with Crippen molar-refractivity contribution in [2.75, 3.05) is 0 Å². The van der Waals surface area contributed by atoms with Crippen molar-refractivity contribution >= 4 is 20.5 Å². The Morgan fingerprint density at radius 2 is 1.54 bits per heavy atom. The van der Waals surface area contributed by atoms with Crippen LogP contribution in [0.15, 0.2) is 60.8 Å². The van der Waals surface area contributed by atoms with E-state index in [-0.39, 0.29) is 13.2 Å². The second-order valence-electron chi connectivity index (χ2n) is 5.42. The SMILES string of the molecule is Cc1ccc(C(C)C)cc1.Oc1cccc2cccnc12.[CH3-].[Cl][Os]. The number of phenolic OH excluding ortho intramolecular Hbond substituents is 1. The van der Waals surface area contributed by atoms with Crippen molar-refractivity contribution in [3.8, 4) is 5.75 Å². The Kier molecular flexibility index (Phi) is 11.3. The molecule has 24 heavy (non-hydrogen) atoms. The van der Waals surface area contributed by atoms with Gasteiger partial charge >= 0.3 is 27.2 Å². The van der Waals surface area contributed by atoms with E-state index in [1.165, 1.54) is 28.7 Å². The van der Waals surface area contributed by atoms with Crippen molar-refractivity contribution in [2.45, 2.75) is 26.7 Å². The van der Waals surface area contributed by atoms with Crippen LogP contribution in [0.5, 0.6) is 5.75 Å². The van der Waals surface area contributed by atoms with E-state index >= 15 is 0 Å². The summed E-state index contributed by atoms with van der Waals surface area (Å²) in [4.78, 5) is 4.03. The summed E-state index contributed by atoms with van der Waals surface area (Å²) < 4.78 is 0. The number of hydrogen-bond donors (Lipinski definition) is 1. The summed E-state index contributed by atoms with van der Waals surface area (Å²) in [5.41, 5.74) is 3.42. The number of halogens is 1. The predicted molar refractivity (Wildman–Crippen MR) is 101 cm³/mol. The van der Waals surface area contributed by atoms with Gasteiger partial charge in [-0.2, -0.15) is 0 Å². The zero-order valence-electron chi connectivity index (χ0n) is 14.5. The molecule has 0 saturated carbocycles. The molecule has 0 aliphatic rings. The Morgan fingerprint density at radius 1 is 0.958 bits per heavy atom. The number of hydrogen-bond acceptors (Lipinski definition) is 2. The number of nitrogens with zero attached hydrogens (tertiary/aromatic N) is 1. The van der Waals surface area contributed by atoms with E-state index in [1.54, 1.807) is 18.3 Å². The summed E-state index contributed by atoms with van der Waals surface area (Å²) in [5.74, 6) is 0.892. The zero-order valence-corrected chi connectivity index (χ0v) is 17.8. The molecule has 1 N–H and O–H groups in total. The van der Waals surface area contributed by atoms with Gasteiger partial charge in [0.15, 0.2) is 0 Å². The van der Waals surface area contributed by atoms with Crippen LogP contribution < -0.4 is 0 Å². The molecule has 0 aliphatic heterocycles. The Morgan fingerprint density at radius 3 is 2.08 bits per heavy atom. The van der Waals surface area contributed by atoms with Gasteiger partial charge in [-0.05, 0) is 30.5 Å². The van der Waals surface area contributed by atoms with Crippen molar-refractivity contribution < 1.29 is 22.7 Å². The van der Waals surface area contributed by atoms with E-state index in [0.717, 1.165) is 5.39 Å². The van der Waals surface area contributed by atoms with Gasteiger partial charge in [-0.1, -0.05) is 61.9 Å². The van der Waals surface area contributed by atoms with E-state index in [2.05, 4.69) is 59.7 Å². The molecule has 0 bridgehead atoms. The Labute approximate surface area is 159 Å². The first-order valence-electron chi connectivity index (χ1n) is 7.30. The van der Waals surface area contributed by atoms with Crippen molar-refractivity contribution in [2.24, 2.45) is 0 Å². The van der Waals surface area contributed by atoms with Gasteiger partial charge in [-0.25, -0.2) is 0 Å². The summed E-state index contributed by atoms with van der Waals surface area (Å²) in [6.07, 6.45) is 1.67. The predicted octanol–water partition coefficient (Wildman–Crippen LogP) is 6.20. The third-order valence-corrected chi connectivity index (χ3v) is 3.36. The summed E-state index contributed by atoms with van der Waals surface area (Å²) in [7, 11) is 4.67. The number of para-hydroxylation sites is 1. The second kappa shape index (κ2) is 12.0. The number of rotatable bonds is 1. The monoisotopic (exact) mass is 521 g/mol. The van der Waals surface area contributed by atoms with Crippen LogP contribution in [-0.4, -0.2) is 10.1 Å². The van der Waals surface area contributed by atoms with Crippen molar-refractivity contribution in [1.29, 1.82) is 0 Å². The summed E-state index contributed by atoms with van der Waals surface area (Å²) >= 11 is 1.33. The third-order valence-electron chi connectivity index (χ3n) is 3.36. The van der Waals surface area contributed by atoms with Crippen LogP contribution in [0.2, 0.25) is 0 Å². The maximum absolute atomic E-state index is 9.31. The van der Waals surface area contributed by atoms with Crippen LogP contribution in [0.3, 0.4) is 0 Å². The Hall–Kier alpha value is -1.42. The van der Waals surface area contributed by atoms with Crippen molar-refractivity contribution in [3.05, 3.63) is 79.3 Å².